The zero-order chi connectivity index (χ0) is 41.8. The van der Waals surface area contributed by atoms with E-state index in [4.69, 9.17) is 10.2 Å². The number of nitrogens with one attached hydrogen (secondary N) is 3. The number of aromatic carboxylic acids is 1. The first-order valence-corrected chi connectivity index (χ1v) is 19.8. The third-order valence-electron chi connectivity index (χ3n) is 10.5. The highest BCUT2D eigenvalue weighted by Crippen LogP contribution is 2.29. The first-order valence-electron chi connectivity index (χ1n) is 19.8. The Hall–Kier alpha value is -6.27. The van der Waals surface area contributed by atoms with Gasteiger partial charge in [-0.2, -0.15) is 0 Å². The van der Waals surface area contributed by atoms with Gasteiger partial charge in [0.1, 0.15) is 5.82 Å². The van der Waals surface area contributed by atoms with Gasteiger partial charge in [0.05, 0.1) is 17.5 Å². The molecule has 58 heavy (non-hydrogen) atoms. The van der Waals surface area contributed by atoms with Gasteiger partial charge >= 0.3 is 11.9 Å². The standard InChI is InChI=1S/C46H53N5O7/c1-5-37(6-2)51(26-25-50(4)40(52)23-24-41(53)54)29-33-11-8-12-35(28-33)44(55)49-43-42(38-27-30(3)13-22-39(38)48-43)45(56)47-36-20-16-32(17-21-36)10-7-9-31-14-18-34(19-15-31)46(57)58/h8,11-22,27-28,37,48H,5-7,9-10,23-26,29H2,1-4H3,(H,47,56)(H,49,55)(H,53,54)(H,57,58). The molecule has 0 aliphatic heterocycles. The predicted molar refractivity (Wildman–Crippen MR) is 227 cm³/mol. The lowest BCUT2D eigenvalue weighted by atomic mass is 10.0. The van der Waals surface area contributed by atoms with E-state index in [1.807, 2.05) is 79.7 Å². The minimum Gasteiger partial charge on any atom is -0.481 e. The maximum absolute atomic E-state index is 14.0. The maximum atomic E-state index is 14.0. The van der Waals surface area contributed by atoms with Crippen molar-refractivity contribution in [3.05, 3.63) is 130 Å². The Morgan fingerprint density at radius 2 is 1.40 bits per heavy atom. The lowest BCUT2D eigenvalue weighted by Crippen LogP contribution is -2.41. The van der Waals surface area contributed by atoms with Gasteiger partial charge in [-0.25, -0.2) is 4.79 Å². The van der Waals surface area contributed by atoms with Gasteiger partial charge in [-0.15, -0.1) is 0 Å². The van der Waals surface area contributed by atoms with Gasteiger partial charge in [-0.05, 0) is 104 Å². The second-order valence-electron chi connectivity index (χ2n) is 14.7. The van der Waals surface area contributed by atoms with Crippen molar-refractivity contribution in [2.24, 2.45) is 0 Å². The number of anilines is 2. The number of amides is 3. The second kappa shape index (κ2) is 20.2. The van der Waals surface area contributed by atoms with E-state index in [1.165, 1.54) is 0 Å². The van der Waals surface area contributed by atoms with Crippen molar-refractivity contribution < 1.29 is 34.2 Å². The van der Waals surface area contributed by atoms with E-state index in [0.717, 1.165) is 54.4 Å². The Labute approximate surface area is 339 Å². The Balaban J connectivity index is 1.26. The average molecular weight is 788 g/mol. The number of aliphatic carboxylic acids is 1. The minimum atomic E-state index is -1.00. The number of hydrogen-bond acceptors (Lipinski definition) is 6. The highest BCUT2D eigenvalue weighted by molar-refractivity contribution is 6.19. The number of aromatic amines is 1. The second-order valence-corrected chi connectivity index (χ2v) is 14.7. The molecule has 0 spiro atoms. The van der Waals surface area contributed by atoms with Crippen LogP contribution in [0.25, 0.3) is 10.9 Å². The molecule has 5 aromatic rings. The first kappa shape index (κ1) is 42.9. The van der Waals surface area contributed by atoms with Crippen molar-refractivity contribution in [2.45, 2.75) is 78.3 Å². The number of aryl methyl sites for hydroxylation is 3. The number of carbonyl (C=O) groups excluding carboxylic acids is 3. The molecule has 304 valence electrons. The van der Waals surface area contributed by atoms with Crippen molar-refractivity contribution >= 4 is 52.1 Å². The largest absolute Gasteiger partial charge is 0.481 e. The number of nitrogens with zero attached hydrogens (tertiary/aromatic N) is 2. The Bertz CT molecular complexity index is 2230. The van der Waals surface area contributed by atoms with Crippen molar-refractivity contribution in [3.63, 3.8) is 0 Å². The summed E-state index contributed by atoms with van der Waals surface area (Å²) in [5.74, 6) is -2.61. The van der Waals surface area contributed by atoms with Crippen LogP contribution in [-0.4, -0.2) is 80.8 Å². The highest BCUT2D eigenvalue weighted by atomic mass is 16.4. The number of benzene rings is 4. The van der Waals surface area contributed by atoms with Crippen molar-refractivity contribution in [3.8, 4) is 0 Å². The van der Waals surface area contributed by atoms with E-state index in [2.05, 4.69) is 34.4 Å². The summed E-state index contributed by atoms with van der Waals surface area (Å²) in [7, 11) is 1.69. The summed E-state index contributed by atoms with van der Waals surface area (Å²) in [5, 5.41) is 24.8. The normalized spacial score (nSPS) is 11.2. The molecule has 12 nitrogen and oxygen atoms in total. The fraction of sp³-hybridized carbons (Fsp3) is 0.326. The summed E-state index contributed by atoms with van der Waals surface area (Å²) >= 11 is 0. The SMILES string of the molecule is CCC(CC)N(CCN(C)C(=O)CCC(=O)O)Cc1cccc(C(=O)Nc2[nH]c3ccc(C)cc3c2C(=O)Nc2ccc(CCCc3ccc(C(=O)O)cc3)cc2)c1. The van der Waals surface area contributed by atoms with Gasteiger partial charge in [-0.3, -0.25) is 24.1 Å². The third kappa shape index (κ3) is 11.6. The van der Waals surface area contributed by atoms with E-state index >= 15 is 0 Å². The van der Waals surface area contributed by atoms with E-state index in [9.17, 15) is 24.0 Å². The third-order valence-corrected chi connectivity index (χ3v) is 10.5. The van der Waals surface area contributed by atoms with Crippen LogP contribution in [0.2, 0.25) is 0 Å². The van der Waals surface area contributed by atoms with Crippen LogP contribution >= 0.6 is 0 Å². The molecular formula is C46H53N5O7. The zero-order valence-electron chi connectivity index (χ0n) is 33.6. The number of fused-ring (bicyclic) bond motifs is 1. The lowest BCUT2D eigenvalue weighted by molar-refractivity contribution is -0.140. The number of carbonyl (C=O) groups is 5. The summed E-state index contributed by atoms with van der Waals surface area (Å²) in [6.45, 7) is 7.76. The number of rotatable bonds is 20. The van der Waals surface area contributed by atoms with E-state index in [-0.39, 0.29) is 48.0 Å². The van der Waals surface area contributed by atoms with Crippen LogP contribution in [0.1, 0.15) is 99.3 Å². The van der Waals surface area contributed by atoms with Crippen LogP contribution in [0.15, 0.2) is 91.0 Å². The number of carboxylic acid groups (broad SMARTS) is 2. The highest BCUT2D eigenvalue weighted by Gasteiger charge is 2.23. The summed E-state index contributed by atoms with van der Waals surface area (Å²) in [6.07, 6.45) is 4.06. The molecule has 0 saturated heterocycles. The summed E-state index contributed by atoms with van der Waals surface area (Å²) in [6, 6.07) is 28.0. The van der Waals surface area contributed by atoms with Gasteiger partial charge in [0.2, 0.25) is 5.91 Å². The molecule has 0 bridgehead atoms. The quantitative estimate of drug-likeness (QED) is 0.0526. The fourth-order valence-corrected chi connectivity index (χ4v) is 7.13. The molecule has 1 heterocycles. The summed E-state index contributed by atoms with van der Waals surface area (Å²) in [5.41, 5.74) is 6.41. The smallest absolute Gasteiger partial charge is 0.335 e. The van der Waals surface area contributed by atoms with E-state index in [1.54, 1.807) is 30.1 Å². The number of aromatic nitrogens is 1. The molecule has 0 unspecified atom stereocenters. The van der Waals surface area contributed by atoms with Crippen LogP contribution in [0, 0.1) is 6.92 Å². The molecule has 0 radical (unpaired) electrons. The maximum Gasteiger partial charge on any atom is 0.335 e. The molecule has 0 aliphatic carbocycles. The molecular weight excluding hydrogens is 735 g/mol. The zero-order valence-corrected chi connectivity index (χ0v) is 33.6. The van der Waals surface area contributed by atoms with Gasteiger partial charge in [0, 0.05) is 61.3 Å². The molecule has 0 atom stereocenters. The van der Waals surface area contributed by atoms with Crippen LogP contribution in [-0.2, 0) is 29.0 Å². The molecule has 12 heteroatoms. The number of carboxylic acids is 2. The topological polar surface area (TPSA) is 172 Å². The molecule has 1 aromatic heterocycles. The molecule has 5 rings (SSSR count). The van der Waals surface area contributed by atoms with Gasteiger partial charge < -0.3 is 30.7 Å². The van der Waals surface area contributed by atoms with Crippen LogP contribution < -0.4 is 10.6 Å². The van der Waals surface area contributed by atoms with E-state index in [0.29, 0.717) is 47.4 Å². The summed E-state index contributed by atoms with van der Waals surface area (Å²) < 4.78 is 0. The predicted octanol–water partition coefficient (Wildman–Crippen LogP) is 8.17. The van der Waals surface area contributed by atoms with Crippen molar-refractivity contribution in [1.29, 1.82) is 0 Å². The van der Waals surface area contributed by atoms with Crippen LogP contribution in [0.4, 0.5) is 11.5 Å². The van der Waals surface area contributed by atoms with Crippen molar-refractivity contribution in [1.82, 2.24) is 14.8 Å². The fourth-order valence-electron chi connectivity index (χ4n) is 7.13. The van der Waals surface area contributed by atoms with Gasteiger partial charge in [0.15, 0.2) is 0 Å². The monoisotopic (exact) mass is 787 g/mol. The summed E-state index contributed by atoms with van der Waals surface area (Å²) in [4.78, 5) is 69.5. The Kier molecular flexibility index (Phi) is 15.0. The minimum absolute atomic E-state index is 0.0431. The van der Waals surface area contributed by atoms with Crippen LogP contribution in [0.3, 0.4) is 0 Å². The molecule has 3 amide bonds. The molecule has 4 aromatic carbocycles. The Morgan fingerprint density at radius 3 is 2.03 bits per heavy atom. The van der Waals surface area contributed by atoms with Crippen LogP contribution in [0.5, 0.6) is 0 Å². The first-order chi connectivity index (χ1) is 27.8. The number of hydrogen-bond donors (Lipinski definition) is 5. The molecule has 0 aliphatic rings. The number of H-pyrrole nitrogens is 1. The van der Waals surface area contributed by atoms with Gasteiger partial charge in [-0.1, -0.05) is 61.9 Å². The lowest BCUT2D eigenvalue weighted by Gasteiger charge is -2.32. The Morgan fingerprint density at radius 1 is 0.724 bits per heavy atom. The van der Waals surface area contributed by atoms with Gasteiger partial charge in [0.25, 0.3) is 11.8 Å². The number of likely N-dealkylation sites (N-methyl/N-ethyl adjacent to an activating group) is 1. The molecule has 0 saturated carbocycles. The molecule has 5 N–H and O–H groups in total. The molecule has 0 fully saturated rings. The average Bonchev–Trinajstić information content (AvgIpc) is 3.56. The van der Waals surface area contributed by atoms with E-state index < -0.39 is 11.9 Å². The van der Waals surface area contributed by atoms with Crippen molar-refractivity contribution in [2.75, 3.05) is 30.8 Å².